The molecule has 0 saturated heterocycles. The van der Waals surface area contributed by atoms with Crippen molar-refractivity contribution in [3.63, 3.8) is 0 Å². The van der Waals surface area contributed by atoms with Crippen LogP contribution < -0.4 is 0 Å². The molecule has 0 aromatic rings. The van der Waals surface area contributed by atoms with Gasteiger partial charge in [-0.25, -0.2) is 0 Å². The molecule has 2 N–H and O–H groups in total. The predicted octanol–water partition coefficient (Wildman–Crippen LogP) is 0.914. The lowest BCUT2D eigenvalue weighted by Crippen LogP contribution is -1.89. The molecule has 0 amide bonds. The van der Waals surface area contributed by atoms with Gasteiger partial charge in [0, 0.05) is 0 Å². The summed E-state index contributed by atoms with van der Waals surface area (Å²) in [5.74, 6) is 0. The van der Waals surface area contributed by atoms with Gasteiger partial charge in [0.15, 0.2) is 0 Å². The molecule has 0 saturated carbocycles. The van der Waals surface area contributed by atoms with E-state index in [9.17, 15) is 0 Å². The molecule has 0 unspecified atom stereocenters. The summed E-state index contributed by atoms with van der Waals surface area (Å²) in [4.78, 5) is 0. The van der Waals surface area contributed by atoms with Crippen LogP contribution in [0.4, 0.5) is 0 Å². The highest BCUT2D eigenvalue weighted by molar-refractivity contribution is 7.79. The van der Waals surface area contributed by atoms with Crippen LogP contribution in [0.1, 0.15) is 13.8 Å². The third-order valence-electron chi connectivity index (χ3n) is 0.707. The Bertz CT molecular complexity index is 131. The molecule has 0 heterocycles. The smallest absolute Gasteiger partial charge is 0.264 e. The Labute approximate surface area is 71.3 Å². The van der Waals surface area contributed by atoms with Crippen LogP contribution in [0.25, 0.3) is 0 Å². The van der Waals surface area contributed by atoms with E-state index in [0.29, 0.717) is 20.4 Å². The van der Waals surface area contributed by atoms with E-state index < -0.39 is 10.4 Å². The summed E-state index contributed by atoms with van der Waals surface area (Å²) < 4.78 is 34.5. The van der Waals surface area contributed by atoms with Gasteiger partial charge >= 0.3 is 30.8 Å². The van der Waals surface area contributed by atoms with Gasteiger partial charge in [0.05, 0.1) is 0 Å². The first-order valence-corrected chi connectivity index (χ1v) is 6.51. The second-order valence-corrected chi connectivity index (χ2v) is 5.40. The maximum Gasteiger partial charge on any atom is 0.394 e. The molecule has 0 aliphatic heterocycles. The molecule has 0 bridgehead atoms. The Morgan fingerprint density at radius 1 is 1.20 bits per heavy atom. The minimum Gasteiger partial charge on any atom is -0.264 e. The summed E-state index contributed by atoms with van der Waals surface area (Å²) in [5, 5.41) is 0. The predicted molar refractivity (Wildman–Crippen MR) is 40.9 cm³/mol. The highest BCUT2D eigenvalue weighted by Crippen LogP contribution is 1.77. The third-order valence-corrected chi connectivity index (χ3v) is 2.12. The summed E-state index contributed by atoms with van der Waals surface area (Å²) in [6.07, 6.45) is 0. The first-order valence-electron chi connectivity index (χ1n) is 3.11. The maximum absolute atomic E-state index is 8.74. The SMILES string of the molecule is C[CH2][Mg][CH2]C.O=S(=O)(O)O. The second kappa shape index (κ2) is 7.74. The Balaban J connectivity index is 0. The van der Waals surface area contributed by atoms with Crippen molar-refractivity contribution < 1.29 is 17.5 Å². The summed E-state index contributed by atoms with van der Waals surface area (Å²) in [7, 11) is -4.67. The van der Waals surface area contributed by atoms with Gasteiger partial charge in [0.25, 0.3) is 0 Å². The van der Waals surface area contributed by atoms with Gasteiger partial charge in [0.2, 0.25) is 0 Å². The fourth-order valence-electron chi connectivity index (χ4n) is 0.354. The molecule has 60 valence electrons. The molecule has 0 spiro atoms. The van der Waals surface area contributed by atoms with Crippen molar-refractivity contribution in [2.45, 2.75) is 22.9 Å². The van der Waals surface area contributed by atoms with Crippen molar-refractivity contribution in [2.24, 2.45) is 0 Å². The average molecular weight is 181 g/mol. The molecule has 0 aliphatic carbocycles. The van der Waals surface area contributed by atoms with Crippen molar-refractivity contribution >= 4 is 30.8 Å². The van der Waals surface area contributed by atoms with E-state index in [4.69, 9.17) is 17.5 Å². The number of rotatable bonds is 2. The number of hydrogen-bond acceptors (Lipinski definition) is 2. The zero-order valence-electron chi connectivity index (χ0n) is 6.24. The standard InChI is InChI=1S/2C2H5.Mg.H2O4S/c2*1-2;;1-5(2,3)4/h2*1H2,2H3;;(H2,1,2,3,4). The third kappa shape index (κ3) is 72.5. The molecule has 0 atom stereocenters. The topological polar surface area (TPSA) is 74.6 Å². The van der Waals surface area contributed by atoms with Crippen LogP contribution in [0.5, 0.6) is 0 Å². The van der Waals surface area contributed by atoms with Gasteiger partial charge in [-0.05, 0) is 0 Å². The summed E-state index contributed by atoms with van der Waals surface area (Å²) in [6, 6.07) is 0. The van der Waals surface area contributed by atoms with E-state index >= 15 is 0 Å². The second-order valence-electron chi connectivity index (χ2n) is 1.80. The largest absolute Gasteiger partial charge is 0.394 e. The lowest BCUT2D eigenvalue weighted by Gasteiger charge is -1.72. The Morgan fingerprint density at radius 2 is 1.40 bits per heavy atom. The molecular weight excluding hydrogens is 168 g/mol. The molecule has 4 nitrogen and oxygen atoms in total. The first-order chi connectivity index (χ1) is 4.41. The molecule has 6 heteroatoms. The van der Waals surface area contributed by atoms with E-state index in [2.05, 4.69) is 13.8 Å². The lowest BCUT2D eigenvalue weighted by molar-refractivity contribution is 0.381. The Hall–Kier alpha value is 0.636. The monoisotopic (exact) mass is 180 g/mol. The van der Waals surface area contributed by atoms with E-state index in [1.165, 1.54) is 9.10 Å². The summed E-state index contributed by atoms with van der Waals surface area (Å²) >= 11 is 0.432. The van der Waals surface area contributed by atoms with Gasteiger partial charge in [-0.3, -0.25) is 9.11 Å². The highest BCUT2D eigenvalue weighted by atomic mass is 32.3. The van der Waals surface area contributed by atoms with Crippen molar-refractivity contribution in [3.05, 3.63) is 0 Å². The quantitative estimate of drug-likeness (QED) is 0.489. The van der Waals surface area contributed by atoms with Crippen LogP contribution >= 0.6 is 0 Å². The molecule has 10 heavy (non-hydrogen) atoms. The van der Waals surface area contributed by atoms with Crippen LogP contribution in [-0.2, 0) is 10.4 Å². The molecule has 0 fully saturated rings. The van der Waals surface area contributed by atoms with E-state index in [1.807, 2.05) is 0 Å². The van der Waals surface area contributed by atoms with Crippen LogP contribution in [-0.4, -0.2) is 37.9 Å². The fraction of sp³-hybridized carbons (Fsp3) is 1.00. The van der Waals surface area contributed by atoms with Gasteiger partial charge in [-0.2, -0.15) is 8.42 Å². The van der Waals surface area contributed by atoms with Crippen molar-refractivity contribution in [2.75, 3.05) is 0 Å². The lowest BCUT2D eigenvalue weighted by atomic mass is 10.9. The summed E-state index contributed by atoms with van der Waals surface area (Å²) in [5.41, 5.74) is 0. The summed E-state index contributed by atoms with van der Waals surface area (Å²) in [6.45, 7) is 4.55. The van der Waals surface area contributed by atoms with Crippen LogP contribution in [0.3, 0.4) is 0 Å². The van der Waals surface area contributed by atoms with Gasteiger partial charge in [-0.15, -0.1) is 9.10 Å². The van der Waals surface area contributed by atoms with Gasteiger partial charge in [-0.1, -0.05) is 13.8 Å². The van der Waals surface area contributed by atoms with Crippen molar-refractivity contribution in [1.29, 1.82) is 0 Å². The van der Waals surface area contributed by atoms with Crippen LogP contribution in [0.2, 0.25) is 9.10 Å². The van der Waals surface area contributed by atoms with Crippen LogP contribution in [0.15, 0.2) is 0 Å². The maximum atomic E-state index is 8.74. The van der Waals surface area contributed by atoms with E-state index in [0.717, 1.165) is 0 Å². The van der Waals surface area contributed by atoms with E-state index in [-0.39, 0.29) is 0 Å². The van der Waals surface area contributed by atoms with Gasteiger partial charge in [0.1, 0.15) is 0 Å². The van der Waals surface area contributed by atoms with Crippen LogP contribution in [0, 0.1) is 0 Å². The molecule has 0 aliphatic rings. The highest BCUT2D eigenvalue weighted by Gasteiger charge is 1.84. The Kier molecular flexibility index (Phi) is 10.2. The molecule has 0 rings (SSSR count). The zero-order chi connectivity index (χ0) is 8.62. The van der Waals surface area contributed by atoms with Crippen molar-refractivity contribution in [1.82, 2.24) is 0 Å². The minimum atomic E-state index is -4.67. The molecular formula is C4H12MgO4S. The normalized spacial score (nSPS) is 9.20. The fourth-order valence-corrected chi connectivity index (χ4v) is 1.06. The molecule has 0 aromatic carbocycles. The van der Waals surface area contributed by atoms with E-state index in [1.54, 1.807) is 0 Å². The minimum absolute atomic E-state index is 0.432. The Morgan fingerprint density at radius 3 is 1.40 bits per heavy atom. The average Bonchev–Trinajstić information content (AvgIpc) is 1.63. The number of hydrogen-bond donors (Lipinski definition) is 2. The first kappa shape index (κ1) is 13.2. The zero-order valence-corrected chi connectivity index (χ0v) is 8.47. The molecule has 0 aromatic heterocycles. The van der Waals surface area contributed by atoms with Crippen molar-refractivity contribution in [3.8, 4) is 0 Å². The molecule has 0 radical (unpaired) electrons. The van der Waals surface area contributed by atoms with Gasteiger partial charge < -0.3 is 0 Å².